The van der Waals surface area contributed by atoms with Crippen molar-refractivity contribution < 1.29 is 9.53 Å². The summed E-state index contributed by atoms with van der Waals surface area (Å²) in [6.45, 7) is 3.93. The summed E-state index contributed by atoms with van der Waals surface area (Å²) in [5.74, 6) is 0.373. The highest BCUT2D eigenvalue weighted by Gasteiger charge is 2.02. The van der Waals surface area contributed by atoms with Crippen molar-refractivity contribution >= 4 is 18.6 Å². The minimum atomic E-state index is -0.326. The van der Waals surface area contributed by atoms with Gasteiger partial charge in [0.25, 0.3) is 0 Å². The van der Waals surface area contributed by atoms with Gasteiger partial charge in [-0.25, -0.2) is 0 Å². The molecule has 0 fully saturated rings. The molecule has 0 saturated carbocycles. The van der Waals surface area contributed by atoms with Gasteiger partial charge in [0.15, 0.2) is 0 Å². The zero-order valence-electron chi connectivity index (χ0n) is 7.70. The van der Waals surface area contributed by atoms with Crippen molar-refractivity contribution in [1.29, 1.82) is 0 Å². The van der Waals surface area contributed by atoms with E-state index < -0.39 is 0 Å². The van der Waals surface area contributed by atoms with Gasteiger partial charge in [0.05, 0.1) is 5.75 Å². The zero-order valence-corrected chi connectivity index (χ0v) is 8.60. The van der Waals surface area contributed by atoms with Crippen LogP contribution in [0.2, 0.25) is 0 Å². The van der Waals surface area contributed by atoms with Crippen LogP contribution in [0, 0.1) is 13.8 Å². The molecule has 0 heterocycles. The molecule has 0 bridgehead atoms. The number of esters is 1. The molecule has 1 aromatic rings. The second-order valence-corrected chi connectivity index (χ2v) is 3.27. The van der Waals surface area contributed by atoms with Crippen LogP contribution >= 0.6 is 12.6 Å². The molecule has 13 heavy (non-hydrogen) atoms. The Morgan fingerprint density at radius 2 is 1.85 bits per heavy atom. The van der Waals surface area contributed by atoms with Crippen LogP contribution in [0.15, 0.2) is 18.2 Å². The third kappa shape index (κ3) is 3.11. The molecule has 1 aromatic carbocycles. The normalized spacial score (nSPS) is 9.77. The Hall–Kier alpha value is -0.960. The maximum absolute atomic E-state index is 10.9. The van der Waals surface area contributed by atoms with Gasteiger partial charge in [0, 0.05) is 0 Å². The molecule has 1 rings (SSSR count). The van der Waals surface area contributed by atoms with Crippen molar-refractivity contribution in [2.45, 2.75) is 13.8 Å². The summed E-state index contributed by atoms with van der Waals surface area (Å²) in [4.78, 5) is 10.9. The Labute approximate surface area is 83.3 Å². The fourth-order valence-corrected chi connectivity index (χ4v) is 1.22. The van der Waals surface area contributed by atoms with Crippen LogP contribution in [0.25, 0.3) is 0 Å². The van der Waals surface area contributed by atoms with Crippen molar-refractivity contribution in [3.8, 4) is 5.75 Å². The molecule has 2 nitrogen and oxygen atoms in total. The second-order valence-electron chi connectivity index (χ2n) is 2.96. The molecule has 0 unspecified atom stereocenters. The smallest absolute Gasteiger partial charge is 0.321 e. The number of ether oxygens (including phenoxy) is 1. The quantitative estimate of drug-likeness (QED) is 0.445. The highest BCUT2D eigenvalue weighted by Crippen LogP contribution is 2.16. The number of aryl methyl sites for hydroxylation is 2. The summed E-state index contributed by atoms with van der Waals surface area (Å²) in [6, 6.07) is 5.68. The summed E-state index contributed by atoms with van der Waals surface area (Å²) in [6.07, 6.45) is 0. The van der Waals surface area contributed by atoms with Gasteiger partial charge in [-0.1, -0.05) is 6.07 Å². The summed E-state index contributed by atoms with van der Waals surface area (Å²) in [5.41, 5.74) is 2.17. The molecule has 0 aliphatic rings. The molecule has 70 valence electrons. The predicted molar refractivity (Wildman–Crippen MR) is 55.4 cm³/mol. The van der Waals surface area contributed by atoms with Crippen LogP contribution in [0.4, 0.5) is 0 Å². The average Bonchev–Trinajstić information content (AvgIpc) is 2.02. The van der Waals surface area contributed by atoms with Crippen molar-refractivity contribution in [3.05, 3.63) is 29.3 Å². The van der Waals surface area contributed by atoms with Crippen molar-refractivity contribution in [2.24, 2.45) is 0 Å². The number of carbonyl (C=O) groups excluding carboxylic acids is 1. The molecule has 0 aromatic heterocycles. The molecule has 0 amide bonds. The summed E-state index contributed by atoms with van der Waals surface area (Å²) >= 11 is 3.82. The molecule has 0 aliphatic carbocycles. The van der Waals surface area contributed by atoms with Crippen LogP contribution in [0.5, 0.6) is 5.75 Å². The lowest BCUT2D eigenvalue weighted by molar-refractivity contribution is -0.131. The molecule has 0 N–H and O–H groups in total. The van der Waals surface area contributed by atoms with E-state index in [4.69, 9.17) is 4.74 Å². The summed E-state index contributed by atoms with van der Waals surface area (Å²) < 4.78 is 5.01. The van der Waals surface area contributed by atoms with Gasteiger partial charge in [-0.2, -0.15) is 12.6 Å². The molecule has 0 aliphatic heterocycles. The zero-order chi connectivity index (χ0) is 9.84. The van der Waals surface area contributed by atoms with E-state index in [9.17, 15) is 4.79 Å². The third-order valence-electron chi connectivity index (χ3n) is 1.56. The number of carbonyl (C=O) groups is 1. The Kier molecular flexibility index (Phi) is 3.37. The second kappa shape index (κ2) is 4.33. The first-order chi connectivity index (χ1) is 6.11. The number of hydrogen-bond acceptors (Lipinski definition) is 3. The lowest BCUT2D eigenvalue weighted by Gasteiger charge is -2.04. The van der Waals surface area contributed by atoms with Gasteiger partial charge in [0.1, 0.15) is 5.75 Å². The maximum Gasteiger partial charge on any atom is 0.321 e. The van der Waals surface area contributed by atoms with Crippen molar-refractivity contribution in [1.82, 2.24) is 0 Å². The highest BCUT2D eigenvalue weighted by molar-refractivity contribution is 7.81. The van der Waals surface area contributed by atoms with E-state index in [1.165, 1.54) is 0 Å². The van der Waals surface area contributed by atoms with Crippen molar-refractivity contribution in [3.63, 3.8) is 0 Å². The summed E-state index contributed by atoms with van der Waals surface area (Å²) in [5, 5.41) is 0. The molecular weight excluding hydrogens is 184 g/mol. The first-order valence-electron chi connectivity index (χ1n) is 4.01. The SMILES string of the molecule is Cc1cc(C)cc(OC(=O)CS)c1. The number of benzene rings is 1. The van der Waals surface area contributed by atoms with E-state index in [1.807, 2.05) is 32.0 Å². The largest absolute Gasteiger partial charge is 0.426 e. The Morgan fingerprint density at radius 3 is 2.31 bits per heavy atom. The molecular formula is C10H12O2S. The van der Waals surface area contributed by atoms with E-state index in [1.54, 1.807) is 0 Å². The lowest BCUT2D eigenvalue weighted by Crippen LogP contribution is -2.09. The first-order valence-corrected chi connectivity index (χ1v) is 4.65. The molecule has 0 saturated heterocycles. The third-order valence-corrected chi connectivity index (χ3v) is 1.81. The van der Waals surface area contributed by atoms with Crippen LogP contribution < -0.4 is 4.74 Å². The minimum absolute atomic E-state index is 0.104. The standard InChI is InChI=1S/C10H12O2S/c1-7-3-8(2)5-9(4-7)12-10(11)6-13/h3-5,13H,6H2,1-2H3. The average molecular weight is 196 g/mol. The van der Waals surface area contributed by atoms with E-state index in [0.717, 1.165) is 11.1 Å². The fraction of sp³-hybridized carbons (Fsp3) is 0.300. The highest BCUT2D eigenvalue weighted by atomic mass is 32.1. The number of thiol groups is 1. The molecule has 0 spiro atoms. The van der Waals surface area contributed by atoms with Gasteiger partial charge in [-0.05, 0) is 37.1 Å². The van der Waals surface area contributed by atoms with Gasteiger partial charge < -0.3 is 4.74 Å². The Balaban J connectivity index is 2.83. The molecule has 0 atom stereocenters. The van der Waals surface area contributed by atoms with Gasteiger partial charge in [-0.3, -0.25) is 4.79 Å². The monoisotopic (exact) mass is 196 g/mol. The Morgan fingerprint density at radius 1 is 1.31 bits per heavy atom. The first kappa shape index (κ1) is 10.1. The Bertz CT molecular complexity index is 300. The number of rotatable bonds is 2. The number of hydrogen-bond donors (Lipinski definition) is 1. The van der Waals surface area contributed by atoms with E-state index >= 15 is 0 Å². The fourth-order valence-electron chi connectivity index (χ4n) is 1.16. The van der Waals surface area contributed by atoms with Gasteiger partial charge in [-0.15, -0.1) is 0 Å². The predicted octanol–water partition coefficient (Wildman–Crippen LogP) is 2.14. The van der Waals surface area contributed by atoms with Crippen LogP contribution in [0.3, 0.4) is 0 Å². The lowest BCUT2D eigenvalue weighted by atomic mass is 10.1. The van der Waals surface area contributed by atoms with E-state index in [2.05, 4.69) is 12.6 Å². The van der Waals surface area contributed by atoms with Gasteiger partial charge >= 0.3 is 5.97 Å². The van der Waals surface area contributed by atoms with E-state index in [-0.39, 0.29) is 11.7 Å². The molecule has 0 radical (unpaired) electrons. The topological polar surface area (TPSA) is 26.3 Å². The minimum Gasteiger partial charge on any atom is -0.426 e. The van der Waals surface area contributed by atoms with E-state index in [0.29, 0.717) is 5.75 Å². The maximum atomic E-state index is 10.9. The summed E-state index contributed by atoms with van der Waals surface area (Å²) in [7, 11) is 0. The van der Waals surface area contributed by atoms with Crippen LogP contribution in [0.1, 0.15) is 11.1 Å². The van der Waals surface area contributed by atoms with Gasteiger partial charge in [0.2, 0.25) is 0 Å². The van der Waals surface area contributed by atoms with Crippen LogP contribution in [-0.2, 0) is 4.79 Å². The molecule has 3 heteroatoms. The van der Waals surface area contributed by atoms with Crippen molar-refractivity contribution in [2.75, 3.05) is 5.75 Å². The van der Waals surface area contributed by atoms with Crippen LogP contribution in [-0.4, -0.2) is 11.7 Å².